The van der Waals surface area contributed by atoms with Gasteiger partial charge in [-0.1, -0.05) is 38.1 Å². The molecule has 0 amide bonds. The Labute approximate surface area is 128 Å². The maximum atomic E-state index is 7.76. The third kappa shape index (κ3) is 1.86. The molecule has 0 spiro atoms. The zero-order chi connectivity index (χ0) is 16.1. The van der Waals surface area contributed by atoms with Crippen LogP contribution in [0.5, 0.6) is 11.5 Å². The molecule has 0 saturated carbocycles. The van der Waals surface area contributed by atoms with Crippen molar-refractivity contribution in [1.29, 1.82) is 10.8 Å². The first kappa shape index (κ1) is 14.1. The smallest absolute Gasteiger partial charge is 0.142 e. The first-order chi connectivity index (χ1) is 10.3. The molecular weight excluding hydrogens is 276 g/mol. The Morgan fingerprint density at radius 1 is 0.864 bits per heavy atom. The van der Waals surface area contributed by atoms with Crippen LogP contribution in [0, 0.1) is 10.8 Å². The van der Waals surface area contributed by atoms with E-state index in [0.29, 0.717) is 22.6 Å². The quantitative estimate of drug-likeness (QED) is 0.505. The molecule has 6 N–H and O–H groups in total. The van der Waals surface area contributed by atoms with Gasteiger partial charge in [-0.15, -0.1) is 0 Å². The Balaban J connectivity index is 2.33. The molecule has 22 heavy (non-hydrogen) atoms. The molecule has 1 aliphatic rings. The lowest BCUT2D eigenvalue weighted by Gasteiger charge is -2.36. The summed E-state index contributed by atoms with van der Waals surface area (Å²) in [7, 11) is 0. The van der Waals surface area contributed by atoms with Crippen LogP contribution in [0.1, 0.15) is 36.1 Å². The standard InChI is InChI=1S/C17H18N4O/c1-17(2)11-7-3-5-9(15(18)19)13(11)22-14-10(16(20)21)6-4-8-12(14)17/h3-8H,1-2H3,(H3,18,19)(H3,20,21). The zero-order valence-electron chi connectivity index (χ0n) is 12.5. The molecule has 0 aromatic heterocycles. The minimum atomic E-state index is -0.333. The predicted molar refractivity (Wildman–Crippen MR) is 87.1 cm³/mol. The van der Waals surface area contributed by atoms with Gasteiger partial charge in [-0.3, -0.25) is 10.8 Å². The van der Waals surface area contributed by atoms with Crippen molar-refractivity contribution in [2.45, 2.75) is 19.3 Å². The molecule has 1 aliphatic heterocycles. The van der Waals surface area contributed by atoms with Gasteiger partial charge in [0.15, 0.2) is 0 Å². The van der Waals surface area contributed by atoms with E-state index in [1.807, 2.05) is 24.3 Å². The summed E-state index contributed by atoms with van der Waals surface area (Å²) in [6.07, 6.45) is 0. The van der Waals surface area contributed by atoms with Gasteiger partial charge in [0.1, 0.15) is 23.2 Å². The fourth-order valence-electron chi connectivity index (χ4n) is 2.95. The van der Waals surface area contributed by atoms with E-state index in [9.17, 15) is 0 Å². The largest absolute Gasteiger partial charge is 0.455 e. The number of amidine groups is 2. The van der Waals surface area contributed by atoms with E-state index in [4.69, 9.17) is 27.0 Å². The van der Waals surface area contributed by atoms with Crippen molar-refractivity contribution >= 4 is 11.7 Å². The number of nitrogens with two attached hydrogens (primary N) is 2. The van der Waals surface area contributed by atoms with Gasteiger partial charge in [0.2, 0.25) is 0 Å². The lowest BCUT2D eigenvalue weighted by atomic mass is 9.74. The molecule has 0 radical (unpaired) electrons. The number of para-hydroxylation sites is 2. The topological polar surface area (TPSA) is 109 Å². The van der Waals surface area contributed by atoms with E-state index in [0.717, 1.165) is 11.1 Å². The monoisotopic (exact) mass is 294 g/mol. The van der Waals surface area contributed by atoms with Gasteiger partial charge in [0, 0.05) is 16.5 Å². The molecule has 3 rings (SSSR count). The summed E-state index contributed by atoms with van der Waals surface area (Å²) in [5, 5.41) is 15.5. The number of hydrogen-bond acceptors (Lipinski definition) is 3. The van der Waals surface area contributed by atoms with E-state index in [1.165, 1.54) is 0 Å². The number of hydrogen-bond donors (Lipinski definition) is 4. The van der Waals surface area contributed by atoms with E-state index in [2.05, 4.69) is 13.8 Å². The third-order valence-corrected chi connectivity index (χ3v) is 4.16. The highest BCUT2D eigenvalue weighted by atomic mass is 16.5. The molecule has 2 aromatic rings. The molecule has 0 saturated heterocycles. The third-order valence-electron chi connectivity index (χ3n) is 4.16. The summed E-state index contributed by atoms with van der Waals surface area (Å²) in [6.45, 7) is 4.17. The highest BCUT2D eigenvalue weighted by molar-refractivity contribution is 6.00. The molecule has 0 unspecified atom stereocenters. The summed E-state index contributed by atoms with van der Waals surface area (Å²) in [5.41, 5.74) is 14.1. The van der Waals surface area contributed by atoms with Gasteiger partial charge < -0.3 is 16.2 Å². The normalized spacial score (nSPS) is 14.5. The first-order valence-electron chi connectivity index (χ1n) is 6.97. The lowest BCUT2D eigenvalue weighted by Crippen LogP contribution is -2.28. The van der Waals surface area contributed by atoms with Crippen LogP contribution in [0.15, 0.2) is 36.4 Å². The number of nitrogens with one attached hydrogen (secondary N) is 2. The first-order valence-corrected chi connectivity index (χ1v) is 6.97. The van der Waals surface area contributed by atoms with Gasteiger partial charge in [0.25, 0.3) is 0 Å². The Kier molecular flexibility index (Phi) is 2.95. The Hall–Kier alpha value is -2.82. The molecule has 0 bridgehead atoms. The van der Waals surface area contributed by atoms with Crippen molar-refractivity contribution in [3.05, 3.63) is 58.7 Å². The zero-order valence-corrected chi connectivity index (χ0v) is 12.5. The molecule has 112 valence electrons. The van der Waals surface area contributed by atoms with E-state index < -0.39 is 0 Å². The number of ether oxygens (including phenoxy) is 1. The van der Waals surface area contributed by atoms with Gasteiger partial charge in [-0.2, -0.15) is 0 Å². The molecule has 0 aliphatic carbocycles. The van der Waals surface area contributed by atoms with Gasteiger partial charge in [-0.05, 0) is 12.1 Å². The summed E-state index contributed by atoms with van der Waals surface area (Å²) < 4.78 is 6.06. The van der Waals surface area contributed by atoms with Crippen LogP contribution < -0.4 is 16.2 Å². The number of benzene rings is 2. The fraction of sp³-hybridized carbons (Fsp3) is 0.176. The van der Waals surface area contributed by atoms with Crippen molar-refractivity contribution in [3.63, 3.8) is 0 Å². The van der Waals surface area contributed by atoms with Crippen molar-refractivity contribution in [3.8, 4) is 11.5 Å². The second-order valence-corrected chi connectivity index (χ2v) is 5.92. The van der Waals surface area contributed by atoms with Crippen LogP contribution in [-0.2, 0) is 5.41 Å². The van der Waals surface area contributed by atoms with Crippen LogP contribution in [-0.4, -0.2) is 11.7 Å². The van der Waals surface area contributed by atoms with Crippen molar-refractivity contribution in [2.75, 3.05) is 0 Å². The lowest BCUT2D eigenvalue weighted by molar-refractivity contribution is 0.416. The highest BCUT2D eigenvalue weighted by Gasteiger charge is 2.37. The van der Waals surface area contributed by atoms with Crippen LogP contribution >= 0.6 is 0 Å². The van der Waals surface area contributed by atoms with E-state index >= 15 is 0 Å². The van der Waals surface area contributed by atoms with Crippen LogP contribution in [0.2, 0.25) is 0 Å². The maximum Gasteiger partial charge on any atom is 0.142 e. The summed E-state index contributed by atoms with van der Waals surface area (Å²) in [5.74, 6) is 1.05. The maximum absolute atomic E-state index is 7.76. The van der Waals surface area contributed by atoms with Crippen molar-refractivity contribution < 1.29 is 4.74 Å². The molecular formula is C17H18N4O. The molecule has 5 nitrogen and oxygen atoms in total. The number of rotatable bonds is 2. The highest BCUT2D eigenvalue weighted by Crippen LogP contribution is 2.50. The average Bonchev–Trinajstić information content (AvgIpc) is 2.46. The summed E-state index contributed by atoms with van der Waals surface area (Å²) >= 11 is 0. The SMILES string of the molecule is CC1(C)c2cccc(C(=N)N)c2Oc2c(C(=N)N)cccc21. The second-order valence-electron chi connectivity index (χ2n) is 5.92. The Bertz CT molecular complexity index is 743. The average molecular weight is 294 g/mol. The number of fused-ring (bicyclic) bond motifs is 2. The molecule has 0 fully saturated rings. The summed E-state index contributed by atoms with van der Waals surface area (Å²) in [6, 6.07) is 11.2. The molecule has 2 aromatic carbocycles. The Morgan fingerprint density at radius 2 is 1.27 bits per heavy atom. The van der Waals surface area contributed by atoms with E-state index in [-0.39, 0.29) is 17.1 Å². The van der Waals surface area contributed by atoms with Gasteiger partial charge in [0.05, 0.1) is 11.1 Å². The predicted octanol–water partition coefficient (Wildman–Crippen LogP) is 2.69. The second kappa shape index (κ2) is 4.59. The molecule has 5 heteroatoms. The molecule has 1 heterocycles. The van der Waals surface area contributed by atoms with Crippen LogP contribution in [0.25, 0.3) is 0 Å². The minimum absolute atomic E-state index is 0.0450. The van der Waals surface area contributed by atoms with Crippen molar-refractivity contribution in [2.24, 2.45) is 11.5 Å². The van der Waals surface area contributed by atoms with Gasteiger partial charge in [-0.25, -0.2) is 0 Å². The minimum Gasteiger partial charge on any atom is -0.455 e. The van der Waals surface area contributed by atoms with Crippen LogP contribution in [0.3, 0.4) is 0 Å². The summed E-state index contributed by atoms with van der Waals surface area (Å²) in [4.78, 5) is 0. The van der Waals surface area contributed by atoms with Gasteiger partial charge >= 0.3 is 0 Å². The van der Waals surface area contributed by atoms with Crippen molar-refractivity contribution in [1.82, 2.24) is 0 Å². The molecule has 0 atom stereocenters. The van der Waals surface area contributed by atoms with Crippen LogP contribution in [0.4, 0.5) is 0 Å². The number of nitrogen functional groups attached to an aromatic ring is 2. The Morgan fingerprint density at radius 3 is 1.64 bits per heavy atom. The van der Waals surface area contributed by atoms with E-state index in [1.54, 1.807) is 12.1 Å². The fourth-order valence-corrected chi connectivity index (χ4v) is 2.95.